The number of benzene rings is 1. The first-order chi connectivity index (χ1) is 9.24. The predicted molar refractivity (Wildman–Crippen MR) is 71.3 cm³/mol. The van der Waals surface area contributed by atoms with Crippen molar-refractivity contribution in [3.8, 4) is 17.1 Å². The van der Waals surface area contributed by atoms with Crippen molar-refractivity contribution < 1.29 is 18.7 Å². The number of carbonyl (C=O) groups is 1. The van der Waals surface area contributed by atoms with E-state index in [1.165, 1.54) is 7.11 Å². The van der Waals surface area contributed by atoms with E-state index in [1.54, 1.807) is 25.3 Å². The van der Waals surface area contributed by atoms with Gasteiger partial charge in [0.1, 0.15) is 11.5 Å². The molecule has 19 heavy (non-hydrogen) atoms. The Kier molecular flexibility index (Phi) is 4.07. The van der Waals surface area contributed by atoms with Gasteiger partial charge in [-0.15, -0.1) is 0 Å². The SMILES string of the molecule is CCOC(=O)Nc1ccc(-c2ccco2)cc1OC. The van der Waals surface area contributed by atoms with Crippen LogP contribution in [0.5, 0.6) is 5.75 Å². The summed E-state index contributed by atoms with van der Waals surface area (Å²) in [4.78, 5) is 11.4. The first-order valence-corrected chi connectivity index (χ1v) is 5.90. The van der Waals surface area contributed by atoms with Crippen molar-refractivity contribution in [3.05, 3.63) is 36.6 Å². The van der Waals surface area contributed by atoms with E-state index in [0.717, 1.165) is 11.3 Å². The van der Waals surface area contributed by atoms with Crippen LogP contribution in [0.1, 0.15) is 6.92 Å². The Morgan fingerprint density at radius 1 is 1.37 bits per heavy atom. The summed E-state index contributed by atoms with van der Waals surface area (Å²) in [6, 6.07) is 9.04. The number of hydrogen-bond acceptors (Lipinski definition) is 4. The fourth-order valence-corrected chi connectivity index (χ4v) is 1.67. The van der Waals surface area contributed by atoms with Crippen molar-refractivity contribution in [2.75, 3.05) is 19.0 Å². The van der Waals surface area contributed by atoms with E-state index in [4.69, 9.17) is 13.9 Å². The fraction of sp³-hybridized carbons (Fsp3) is 0.214. The summed E-state index contributed by atoms with van der Waals surface area (Å²) in [5.74, 6) is 1.28. The molecule has 0 spiro atoms. The van der Waals surface area contributed by atoms with E-state index in [2.05, 4.69) is 5.32 Å². The number of furan rings is 1. The highest BCUT2D eigenvalue weighted by Crippen LogP contribution is 2.31. The maximum atomic E-state index is 11.4. The fourth-order valence-electron chi connectivity index (χ4n) is 1.67. The normalized spacial score (nSPS) is 10.0. The molecule has 5 heteroatoms. The third-order valence-electron chi connectivity index (χ3n) is 2.52. The number of anilines is 1. The minimum Gasteiger partial charge on any atom is -0.495 e. The highest BCUT2D eigenvalue weighted by molar-refractivity contribution is 5.87. The van der Waals surface area contributed by atoms with Crippen molar-refractivity contribution in [3.63, 3.8) is 0 Å². The van der Waals surface area contributed by atoms with Gasteiger partial charge in [-0.1, -0.05) is 0 Å². The van der Waals surface area contributed by atoms with E-state index in [1.807, 2.05) is 18.2 Å². The maximum Gasteiger partial charge on any atom is 0.411 e. The first kappa shape index (κ1) is 13.0. The zero-order chi connectivity index (χ0) is 13.7. The van der Waals surface area contributed by atoms with Crippen molar-refractivity contribution in [1.82, 2.24) is 0 Å². The van der Waals surface area contributed by atoms with Crippen LogP contribution in [-0.4, -0.2) is 19.8 Å². The summed E-state index contributed by atoms with van der Waals surface area (Å²) < 4.78 is 15.4. The predicted octanol–water partition coefficient (Wildman–Crippen LogP) is 3.52. The molecule has 1 amide bonds. The van der Waals surface area contributed by atoms with Gasteiger partial charge in [-0.25, -0.2) is 4.79 Å². The van der Waals surface area contributed by atoms with Crippen LogP contribution in [0.3, 0.4) is 0 Å². The molecule has 0 saturated heterocycles. The summed E-state index contributed by atoms with van der Waals surface area (Å²) in [5, 5.41) is 2.62. The summed E-state index contributed by atoms with van der Waals surface area (Å²) in [6.07, 6.45) is 1.10. The van der Waals surface area contributed by atoms with E-state index in [-0.39, 0.29) is 0 Å². The molecule has 1 N–H and O–H groups in total. The summed E-state index contributed by atoms with van der Waals surface area (Å²) in [6.45, 7) is 2.06. The molecule has 0 aliphatic rings. The zero-order valence-corrected chi connectivity index (χ0v) is 10.8. The van der Waals surface area contributed by atoms with E-state index >= 15 is 0 Å². The summed E-state index contributed by atoms with van der Waals surface area (Å²) in [5.41, 5.74) is 1.42. The molecule has 0 unspecified atom stereocenters. The highest BCUT2D eigenvalue weighted by Gasteiger charge is 2.10. The standard InChI is InChI=1S/C14H15NO4/c1-3-18-14(16)15-11-7-6-10(9-13(11)17-2)12-5-4-8-19-12/h4-9H,3H2,1-2H3,(H,15,16). The lowest BCUT2D eigenvalue weighted by atomic mass is 10.1. The van der Waals surface area contributed by atoms with E-state index in [9.17, 15) is 4.79 Å². The molecule has 2 aromatic rings. The Balaban J connectivity index is 2.24. The zero-order valence-electron chi connectivity index (χ0n) is 10.8. The number of hydrogen-bond donors (Lipinski definition) is 1. The second-order valence-electron chi connectivity index (χ2n) is 3.74. The van der Waals surface area contributed by atoms with Gasteiger partial charge in [0.2, 0.25) is 0 Å². The Labute approximate surface area is 111 Å². The van der Waals surface area contributed by atoms with Crippen LogP contribution in [0.4, 0.5) is 10.5 Å². The van der Waals surface area contributed by atoms with Crippen LogP contribution in [0.2, 0.25) is 0 Å². The summed E-state index contributed by atoms with van der Waals surface area (Å²) >= 11 is 0. The highest BCUT2D eigenvalue weighted by atomic mass is 16.5. The lowest BCUT2D eigenvalue weighted by Crippen LogP contribution is -2.13. The lowest BCUT2D eigenvalue weighted by Gasteiger charge is -2.11. The molecule has 1 aromatic carbocycles. The molecule has 0 bridgehead atoms. The van der Waals surface area contributed by atoms with Crippen molar-refractivity contribution in [1.29, 1.82) is 0 Å². The van der Waals surface area contributed by atoms with Gasteiger partial charge in [0.15, 0.2) is 0 Å². The van der Waals surface area contributed by atoms with Crippen molar-refractivity contribution in [2.45, 2.75) is 6.92 Å². The third kappa shape index (κ3) is 3.07. The summed E-state index contributed by atoms with van der Waals surface area (Å²) in [7, 11) is 1.54. The number of methoxy groups -OCH3 is 1. The molecule has 0 saturated carbocycles. The Morgan fingerprint density at radius 2 is 2.21 bits per heavy atom. The Bertz CT molecular complexity index is 549. The van der Waals surface area contributed by atoms with Crippen LogP contribution in [0.15, 0.2) is 41.0 Å². The van der Waals surface area contributed by atoms with E-state index in [0.29, 0.717) is 18.0 Å². The van der Waals surface area contributed by atoms with Crippen LogP contribution < -0.4 is 10.1 Å². The van der Waals surface area contributed by atoms with Crippen LogP contribution in [0.25, 0.3) is 11.3 Å². The molecule has 1 aromatic heterocycles. The molecular formula is C14H15NO4. The van der Waals surface area contributed by atoms with Crippen LogP contribution >= 0.6 is 0 Å². The topological polar surface area (TPSA) is 60.7 Å². The molecule has 0 aliphatic heterocycles. The molecule has 0 fully saturated rings. The van der Waals surface area contributed by atoms with Gasteiger partial charge in [-0.2, -0.15) is 0 Å². The van der Waals surface area contributed by atoms with Gasteiger partial charge in [0, 0.05) is 5.56 Å². The monoisotopic (exact) mass is 261 g/mol. The minimum absolute atomic E-state index is 0.318. The smallest absolute Gasteiger partial charge is 0.411 e. The molecule has 0 radical (unpaired) electrons. The van der Waals surface area contributed by atoms with Gasteiger partial charge >= 0.3 is 6.09 Å². The molecule has 0 aliphatic carbocycles. The quantitative estimate of drug-likeness (QED) is 0.914. The maximum absolute atomic E-state index is 11.4. The number of ether oxygens (including phenoxy) is 2. The van der Waals surface area contributed by atoms with Crippen molar-refractivity contribution in [2.24, 2.45) is 0 Å². The van der Waals surface area contributed by atoms with E-state index < -0.39 is 6.09 Å². The molecule has 100 valence electrons. The second kappa shape index (κ2) is 5.95. The average molecular weight is 261 g/mol. The number of carbonyl (C=O) groups excluding carboxylic acids is 1. The average Bonchev–Trinajstić information content (AvgIpc) is 2.93. The lowest BCUT2D eigenvalue weighted by molar-refractivity contribution is 0.168. The number of amides is 1. The Hall–Kier alpha value is -2.43. The van der Waals surface area contributed by atoms with Gasteiger partial charge in [0.25, 0.3) is 0 Å². The first-order valence-electron chi connectivity index (χ1n) is 5.90. The third-order valence-corrected chi connectivity index (χ3v) is 2.52. The molecular weight excluding hydrogens is 246 g/mol. The number of rotatable bonds is 4. The van der Waals surface area contributed by atoms with Crippen LogP contribution in [-0.2, 0) is 4.74 Å². The molecule has 2 rings (SSSR count). The largest absolute Gasteiger partial charge is 0.495 e. The van der Waals surface area contributed by atoms with Crippen LogP contribution in [0, 0.1) is 0 Å². The minimum atomic E-state index is -0.508. The van der Waals surface area contributed by atoms with Gasteiger partial charge in [-0.3, -0.25) is 5.32 Å². The van der Waals surface area contributed by atoms with Crippen molar-refractivity contribution >= 4 is 11.8 Å². The van der Waals surface area contributed by atoms with Gasteiger partial charge < -0.3 is 13.9 Å². The molecule has 1 heterocycles. The second-order valence-corrected chi connectivity index (χ2v) is 3.74. The number of nitrogens with one attached hydrogen (secondary N) is 1. The van der Waals surface area contributed by atoms with Gasteiger partial charge in [-0.05, 0) is 37.3 Å². The Morgan fingerprint density at radius 3 is 2.84 bits per heavy atom. The molecule has 5 nitrogen and oxygen atoms in total. The molecule has 0 atom stereocenters. The van der Waals surface area contributed by atoms with Gasteiger partial charge in [0.05, 0.1) is 25.7 Å².